The van der Waals surface area contributed by atoms with Crippen molar-refractivity contribution in [1.82, 2.24) is 5.32 Å². The molecule has 21 heavy (non-hydrogen) atoms. The van der Waals surface area contributed by atoms with Crippen LogP contribution >= 0.6 is 11.3 Å². The standard InChI is InChI=1S/C17H23NO2S/c1-13(2)18-12-14-11-15(19-3)6-7-17(14)20-9-8-16-5-4-10-21-16/h4-7,10-11,13,18H,8-9,12H2,1-3H3. The smallest absolute Gasteiger partial charge is 0.124 e. The average molecular weight is 305 g/mol. The van der Waals surface area contributed by atoms with Gasteiger partial charge in [-0.15, -0.1) is 11.3 Å². The molecule has 1 heterocycles. The summed E-state index contributed by atoms with van der Waals surface area (Å²) >= 11 is 1.77. The van der Waals surface area contributed by atoms with Gasteiger partial charge in [-0.25, -0.2) is 0 Å². The highest BCUT2D eigenvalue weighted by atomic mass is 32.1. The molecule has 0 amide bonds. The summed E-state index contributed by atoms with van der Waals surface area (Å²) in [5.74, 6) is 1.79. The van der Waals surface area contributed by atoms with Crippen LogP contribution in [0.1, 0.15) is 24.3 Å². The molecular formula is C17H23NO2S. The summed E-state index contributed by atoms with van der Waals surface area (Å²) in [7, 11) is 1.69. The van der Waals surface area contributed by atoms with Crippen LogP contribution < -0.4 is 14.8 Å². The average Bonchev–Trinajstić information content (AvgIpc) is 2.99. The number of nitrogens with one attached hydrogen (secondary N) is 1. The second-order valence-electron chi connectivity index (χ2n) is 5.19. The Hall–Kier alpha value is -1.52. The molecular weight excluding hydrogens is 282 g/mol. The third kappa shape index (κ3) is 5.06. The SMILES string of the molecule is COc1ccc(OCCc2cccs2)c(CNC(C)C)c1. The van der Waals surface area contributed by atoms with Crippen molar-refractivity contribution in [3.05, 3.63) is 46.2 Å². The molecule has 0 atom stereocenters. The number of ether oxygens (including phenoxy) is 2. The van der Waals surface area contributed by atoms with Gasteiger partial charge in [-0.3, -0.25) is 0 Å². The molecule has 1 aromatic carbocycles. The summed E-state index contributed by atoms with van der Waals surface area (Å²) in [4.78, 5) is 1.35. The second kappa shape index (κ2) is 8.05. The minimum atomic E-state index is 0.440. The van der Waals surface area contributed by atoms with Crippen molar-refractivity contribution >= 4 is 11.3 Å². The monoisotopic (exact) mass is 305 g/mol. The first-order chi connectivity index (χ1) is 10.2. The fourth-order valence-corrected chi connectivity index (χ4v) is 2.68. The molecule has 2 rings (SSSR count). The van der Waals surface area contributed by atoms with Crippen LogP contribution in [-0.2, 0) is 13.0 Å². The second-order valence-corrected chi connectivity index (χ2v) is 6.22. The highest BCUT2D eigenvalue weighted by Crippen LogP contribution is 2.24. The van der Waals surface area contributed by atoms with Gasteiger partial charge in [0.05, 0.1) is 13.7 Å². The Bertz CT molecular complexity index is 538. The van der Waals surface area contributed by atoms with Gasteiger partial charge in [0.15, 0.2) is 0 Å². The van der Waals surface area contributed by atoms with Crippen molar-refractivity contribution in [2.75, 3.05) is 13.7 Å². The Kier molecular flexibility index (Phi) is 6.08. The van der Waals surface area contributed by atoms with Crippen molar-refractivity contribution < 1.29 is 9.47 Å². The molecule has 1 N–H and O–H groups in total. The van der Waals surface area contributed by atoms with Crippen LogP contribution in [0.25, 0.3) is 0 Å². The van der Waals surface area contributed by atoms with Crippen molar-refractivity contribution in [2.45, 2.75) is 32.9 Å². The summed E-state index contributed by atoms with van der Waals surface area (Å²) in [6, 6.07) is 10.6. The third-order valence-corrected chi connectivity index (χ3v) is 4.09. The van der Waals surface area contributed by atoms with Gasteiger partial charge in [-0.2, -0.15) is 0 Å². The lowest BCUT2D eigenvalue weighted by Gasteiger charge is -2.15. The van der Waals surface area contributed by atoms with E-state index in [2.05, 4.69) is 36.7 Å². The van der Waals surface area contributed by atoms with E-state index in [1.165, 1.54) is 4.88 Å². The molecule has 1 aromatic heterocycles. The van der Waals surface area contributed by atoms with Gasteiger partial charge in [0, 0.05) is 29.4 Å². The first kappa shape index (κ1) is 15.9. The normalized spacial score (nSPS) is 10.9. The number of thiophene rings is 1. The Morgan fingerprint density at radius 1 is 1.24 bits per heavy atom. The van der Waals surface area contributed by atoms with E-state index in [9.17, 15) is 0 Å². The predicted molar refractivity (Wildman–Crippen MR) is 88.5 cm³/mol. The molecule has 0 aliphatic carbocycles. The Morgan fingerprint density at radius 2 is 2.10 bits per heavy atom. The number of hydrogen-bond acceptors (Lipinski definition) is 4. The van der Waals surface area contributed by atoms with E-state index in [0.717, 1.165) is 30.0 Å². The predicted octanol–water partition coefficient (Wildman–Crippen LogP) is 3.88. The zero-order valence-corrected chi connectivity index (χ0v) is 13.7. The summed E-state index contributed by atoms with van der Waals surface area (Å²) in [6.45, 7) is 5.75. The van der Waals surface area contributed by atoms with Crippen LogP contribution in [0.5, 0.6) is 11.5 Å². The molecule has 0 radical (unpaired) electrons. The van der Waals surface area contributed by atoms with Crippen LogP contribution in [0.15, 0.2) is 35.7 Å². The van der Waals surface area contributed by atoms with Gasteiger partial charge < -0.3 is 14.8 Å². The van der Waals surface area contributed by atoms with E-state index in [1.54, 1.807) is 18.4 Å². The van der Waals surface area contributed by atoms with Crippen molar-refractivity contribution in [1.29, 1.82) is 0 Å². The summed E-state index contributed by atoms with van der Waals surface area (Å²) in [5, 5.41) is 5.52. The first-order valence-corrected chi connectivity index (χ1v) is 8.12. The topological polar surface area (TPSA) is 30.5 Å². The summed E-state index contributed by atoms with van der Waals surface area (Å²) < 4.78 is 11.3. The molecule has 0 bridgehead atoms. The van der Waals surface area contributed by atoms with Crippen LogP contribution in [0, 0.1) is 0 Å². The number of rotatable bonds is 8. The number of hydrogen-bond donors (Lipinski definition) is 1. The van der Waals surface area contributed by atoms with Crippen LogP contribution in [-0.4, -0.2) is 19.8 Å². The van der Waals surface area contributed by atoms with E-state index < -0.39 is 0 Å². The molecule has 3 nitrogen and oxygen atoms in total. The lowest BCUT2D eigenvalue weighted by Crippen LogP contribution is -2.22. The van der Waals surface area contributed by atoms with E-state index in [1.807, 2.05) is 18.2 Å². The molecule has 0 aliphatic rings. The summed E-state index contributed by atoms with van der Waals surface area (Å²) in [6.07, 6.45) is 0.945. The minimum absolute atomic E-state index is 0.440. The van der Waals surface area contributed by atoms with Gasteiger partial charge in [-0.05, 0) is 29.6 Å². The highest BCUT2D eigenvalue weighted by molar-refractivity contribution is 7.09. The maximum Gasteiger partial charge on any atom is 0.124 e. The molecule has 0 saturated carbocycles. The summed E-state index contributed by atoms with van der Waals surface area (Å²) in [5.41, 5.74) is 1.13. The quantitative estimate of drug-likeness (QED) is 0.803. The highest BCUT2D eigenvalue weighted by Gasteiger charge is 2.07. The molecule has 0 aliphatic heterocycles. The minimum Gasteiger partial charge on any atom is -0.497 e. The number of benzene rings is 1. The van der Waals surface area contributed by atoms with Gasteiger partial charge >= 0.3 is 0 Å². The molecule has 114 valence electrons. The Labute approximate surface area is 130 Å². The third-order valence-electron chi connectivity index (χ3n) is 3.15. The molecule has 0 saturated heterocycles. The lowest BCUT2D eigenvalue weighted by molar-refractivity contribution is 0.317. The molecule has 0 unspecified atom stereocenters. The van der Waals surface area contributed by atoms with Crippen LogP contribution in [0.3, 0.4) is 0 Å². The number of methoxy groups -OCH3 is 1. The maximum atomic E-state index is 5.95. The van der Waals surface area contributed by atoms with E-state index in [-0.39, 0.29) is 0 Å². The van der Waals surface area contributed by atoms with Gasteiger partial charge in [-0.1, -0.05) is 19.9 Å². The van der Waals surface area contributed by atoms with Crippen LogP contribution in [0.4, 0.5) is 0 Å². The Morgan fingerprint density at radius 3 is 2.76 bits per heavy atom. The van der Waals surface area contributed by atoms with Crippen molar-refractivity contribution in [3.8, 4) is 11.5 Å². The molecule has 0 spiro atoms. The Balaban J connectivity index is 1.98. The van der Waals surface area contributed by atoms with Crippen LogP contribution in [0.2, 0.25) is 0 Å². The van der Waals surface area contributed by atoms with E-state index in [4.69, 9.17) is 9.47 Å². The van der Waals surface area contributed by atoms with E-state index >= 15 is 0 Å². The van der Waals surface area contributed by atoms with Crippen molar-refractivity contribution in [3.63, 3.8) is 0 Å². The first-order valence-electron chi connectivity index (χ1n) is 7.24. The zero-order valence-electron chi connectivity index (χ0n) is 12.9. The molecule has 0 fully saturated rings. The zero-order chi connectivity index (χ0) is 15.1. The van der Waals surface area contributed by atoms with Gasteiger partial charge in [0.1, 0.15) is 11.5 Å². The van der Waals surface area contributed by atoms with Crippen molar-refractivity contribution in [2.24, 2.45) is 0 Å². The lowest BCUT2D eigenvalue weighted by atomic mass is 10.1. The van der Waals surface area contributed by atoms with E-state index in [0.29, 0.717) is 12.6 Å². The fraction of sp³-hybridized carbons (Fsp3) is 0.412. The largest absolute Gasteiger partial charge is 0.497 e. The molecule has 4 heteroatoms. The molecule has 2 aromatic rings. The van der Waals surface area contributed by atoms with Gasteiger partial charge in [0.25, 0.3) is 0 Å². The van der Waals surface area contributed by atoms with Gasteiger partial charge in [0.2, 0.25) is 0 Å². The maximum absolute atomic E-state index is 5.95. The fourth-order valence-electron chi connectivity index (χ4n) is 1.99.